The van der Waals surface area contributed by atoms with E-state index < -0.39 is 15.4 Å². The molecule has 0 aromatic carbocycles. The van der Waals surface area contributed by atoms with Gasteiger partial charge >= 0.3 is 29.6 Å². The SMILES string of the molecule is CCCCC(CCCCCCCCCCCCCCCCCC(C)O)S(=O)(=O)[O-].[Na+]. The molecule has 0 aliphatic heterocycles. The van der Waals surface area contributed by atoms with Crippen LogP contribution in [0, 0.1) is 0 Å². The van der Waals surface area contributed by atoms with Crippen molar-refractivity contribution in [3.8, 4) is 0 Å². The Hall–Kier alpha value is 0.870. The zero-order valence-electron chi connectivity index (χ0n) is 20.4. The predicted molar refractivity (Wildman–Crippen MR) is 123 cm³/mol. The largest absolute Gasteiger partial charge is 1.00 e. The van der Waals surface area contributed by atoms with Crippen molar-refractivity contribution in [2.75, 3.05) is 0 Å². The summed E-state index contributed by atoms with van der Waals surface area (Å²) in [6.45, 7) is 3.90. The molecule has 0 fully saturated rings. The number of aliphatic hydroxyl groups excluding tert-OH is 1. The van der Waals surface area contributed by atoms with Crippen molar-refractivity contribution in [3.05, 3.63) is 0 Å². The number of hydrogen-bond donors (Lipinski definition) is 1. The van der Waals surface area contributed by atoms with E-state index >= 15 is 0 Å². The summed E-state index contributed by atoms with van der Waals surface area (Å²) in [6, 6.07) is 0. The zero-order valence-corrected chi connectivity index (χ0v) is 23.2. The Morgan fingerprint density at radius 3 is 1.23 bits per heavy atom. The number of unbranched alkanes of at least 4 members (excludes halogenated alkanes) is 15. The molecule has 0 saturated heterocycles. The Bertz CT molecular complexity index is 440. The first-order chi connectivity index (χ1) is 13.9. The quantitative estimate of drug-likeness (QED) is 0.151. The van der Waals surface area contributed by atoms with E-state index in [9.17, 15) is 18.1 Å². The van der Waals surface area contributed by atoms with Crippen molar-refractivity contribution < 1.29 is 47.6 Å². The second kappa shape index (κ2) is 23.0. The van der Waals surface area contributed by atoms with Gasteiger partial charge in [-0.2, -0.15) is 0 Å². The van der Waals surface area contributed by atoms with Gasteiger partial charge < -0.3 is 9.66 Å². The van der Waals surface area contributed by atoms with Gasteiger partial charge in [-0.3, -0.25) is 0 Å². The molecule has 4 nitrogen and oxygen atoms in total. The number of rotatable bonds is 22. The first-order valence-electron chi connectivity index (χ1n) is 12.5. The number of aliphatic hydroxyl groups is 1. The summed E-state index contributed by atoms with van der Waals surface area (Å²) in [5.41, 5.74) is 0. The van der Waals surface area contributed by atoms with Crippen LogP contribution < -0.4 is 29.6 Å². The second-order valence-corrected chi connectivity index (χ2v) is 10.6. The van der Waals surface area contributed by atoms with Gasteiger partial charge in [0.2, 0.25) is 0 Å². The van der Waals surface area contributed by atoms with Crippen LogP contribution in [-0.4, -0.2) is 29.4 Å². The number of hydrogen-bond acceptors (Lipinski definition) is 4. The molecule has 0 heterocycles. The summed E-state index contributed by atoms with van der Waals surface area (Å²) in [4.78, 5) is 0. The minimum Gasteiger partial charge on any atom is -0.748 e. The first kappa shape index (κ1) is 33.0. The minimum absolute atomic E-state index is 0. The summed E-state index contributed by atoms with van der Waals surface area (Å²) in [7, 11) is -4.12. The van der Waals surface area contributed by atoms with Crippen molar-refractivity contribution in [2.45, 2.75) is 154 Å². The third kappa shape index (κ3) is 23.5. The fourth-order valence-corrected chi connectivity index (χ4v) is 4.89. The van der Waals surface area contributed by atoms with Crippen molar-refractivity contribution in [3.63, 3.8) is 0 Å². The fraction of sp³-hybridized carbons (Fsp3) is 1.00. The maximum atomic E-state index is 11.3. The molecule has 0 aliphatic carbocycles. The molecule has 0 aliphatic rings. The Morgan fingerprint density at radius 1 is 0.633 bits per heavy atom. The van der Waals surface area contributed by atoms with Crippen LogP contribution in [0.15, 0.2) is 0 Å². The molecule has 30 heavy (non-hydrogen) atoms. The topological polar surface area (TPSA) is 77.4 Å². The van der Waals surface area contributed by atoms with Crippen LogP contribution in [0.1, 0.15) is 142 Å². The van der Waals surface area contributed by atoms with Crippen molar-refractivity contribution in [2.24, 2.45) is 0 Å². The van der Waals surface area contributed by atoms with Crippen LogP contribution in [0.2, 0.25) is 0 Å². The van der Waals surface area contributed by atoms with Gasteiger partial charge in [0.1, 0.15) is 0 Å². The maximum Gasteiger partial charge on any atom is 1.00 e. The third-order valence-corrected chi connectivity index (χ3v) is 7.22. The Morgan fingerprint density at radius 2 is 0.933 bits per heavy atom. The molecule has 6 heteroatoms. The fourth-order valence-electron chi connectivity index (χ4n) is 3.97. The maximum absolute atomic E-state index is 11.3. The molecule has 0 rings (SSSR count). The molecule has 0 saturated carbocycles. The van der Waals surface area contributed by atoms with E-state index in [0.717, 1.165) is 44.9 Å². The molecule has 0 bridgehead atoms. The van der Waals surface area contributed by atoms with Gasteiger partial charge in [-0.1, -0.05) is 116 Å². The van der Waals surface area contributed by atoms with Crippen LogP contribution >= 0.6 is 0 Å². The molecule has 1 N–H and O–H groups in total. The van der Waals surface area contributed by atoms with Crippen molar-refractivity contribution >= 4 is 10.1 Å². The zero-order chi connectivity index (χ0) is 21.8. The smallest absolute Gasteiger partial charge is 0.748 e. The van der Waals surface area contributed by atoms with Gasteiger partial charge in [-0.05, 0) is 26.2 Å². The van der Waals surface area contributed by atoms with Gasteiger partial charge in [-0.15, -0.1) is 0 Å². The third-order valence-electron chi connectivity index (χ3n) is 5.94. The molecular weight excluding hydrogens is 407 g/mol. The molecule has 0 aromatic rings. The average Bonchev–Trinajstić information content (AvgIpc) is 2.65. The van der Waals surface area contributed by atoms with E-state index in [1.165, 1.54) is 70.6 Å². The van der Waals surface area contributed by atoms with Crippen LogP contribution in [-0.2, 0) is 10.1 Å². The summed E-state index contributed by atoms with van der Waals surface area (Å²) < 4.78 is 33.9. The molecule has 0 radical (unpaired) electrons. The standard InChI is InChI=1S/C24H50O4S.Na/c1-3-4-21-24(29(26,27)28)22-19-17-15-13-11-9-7-5-6-8-10-12-14-16-18-20-23(2)25;/h23-25H,3-22H2,1-2H3,(H,26,27,28);/q;+1/p-1. The van der Waals surface area contributed by atoms with Gasteiger partial charge in [-0.25, -0.2) is 8.42 Å². The molecule has 0 aromatic heterocycles. The van der Waals surface area contributed by atoms with Gasteiger partial charge in [0.15, 0.2) is 0 Å². The van der Waals surface area contributed by atoms with Crippen molar-refractivity contribution in [1.29, 1.82) is 0 Å². The van der Waals surface area contributed by atoms with Crippen LogP contribution in [0.4, 0.5) is 0 Å². The van der Waals surface area contributed by atoms with E-state index in [1.807, 2.05) is 13.8 Å². The summed E-state index contributed by atoms with van der Waals surface area (Å²) >= 11 is 0. The molecule has 2 unspecified atom stereocenters. The molecule has 2 atom stereocenters. The Balaban J connectivity index is 0. The van der Waals surface area contributed by atoms with Gasteiger partial charge in [0, 0.05) is 5.25 Å². The molecule has 176 valence electrons. The predicted octanol–water partition coefficient (Wildman–Crippen LogP) is 4.11. The van der Waals surface area contributed by atoms with Gasteiger partial charge in [0.25, 0.3) is 0 Å². The second-order valence-electron chi connectivity index (χ2n) is 8.99. The van der Waals surface area contributed by atoms with Crippen LogP contribution in [0.3, 0.4) is 0 Å². The van der Waals surface area contributed by atoms with E-state index in [0.29, 0.717) is 12.8 Å². The summed E-state index contributed by atoms with van der Waals surface area (Å²) in [6.07, 6.45) is 22.4. The van der Waals surface area contributed by atoms with Crippen LogP contribution in [0.25, 0.3) is 0 Å². The molecule has 0 spiro atoms. The monoisotopic (exact) mass is 456 g/mol. The summed E-state index contributed by atoms with van der Waals surface area (Å²) in [5, 5.41) is 8.55. The van der Waals surface area contributed by atoms with E-state index in [-0.39, 0.29) is 35.7 Å². The Labute approximate surface area is 210 Å². The normalized spacial score (nSPS) is 13.7. The van der Waals surface area contributed by atoms with Crippen LogP contribution in [0.5, 0.6) is 0 Å². The summed E-state index contributed by atoms with van der Waals surface area (Å²) in [5.74, 6) is 0. The van der Waals surface area contributed by atoms with Crippen molar-refractivity contribution in [1.82, 2.24) is 0 Å². The first-order valence-corrected chi connectivity index (χ1v) is 14.0. The van der Waals surface area contributed by atoms with E-state index in [2.05, 4.69) is 0 Å². The molecule has 0 amide bonds. The average molecular weight is 457 g/mol. The van der Waals surface area contributed by atoms with Gasteiger partial charge in [0.05, 0.1) is 16.2 Å². The minimum atomic E-state index is -4.12. The van der Waals surface area contributed by atoms with E-state index in [1.54, 1.807) is 0 Å². The Kier molecular flexibility index (Phi) is 25.4. The molecular formula is C24H49NaO4S. The van der Waals surface area contributed by atoms with E-state index in [4.69, 9.17) is 0 Å².